The minimum absolute atomic E-state index is 0.0479. The third-order valence-electron chi connectivity index (χ3n) is 7.01. The van der Waals surface area contributed by atoms with E-state index in [1.807, 2.05) is 6.07 Å². The van der Waals surface area contributed by atoms with Gasteiger partial charge >= 0.3 is 0 Å². The normalized spacial score (nSPS) is 15.8. The number of carbonyl (C=O) groups excluding carboxylic acids is 1. The van der Waals surface area contributed by atoms with Gasteiger partial charge in [-0.3, -0.25) is 4.79 Å². The van der Waals surface area contributed by atoms with Crippen LogP contribution in [0.4, 0.5) is 13.2 Å². The number of carbonyl (C=O) groups is 1. The van der Waals surface area contributed by atoms with Crippen LogP contribution in [-0.2, 0) is 10.3 Å². The lowest BCUT2D eigenvalue weighted by Crippen LogP contribution is -2.52. The fraction of sp³-hybridized carbons (Fsp3) is 0.345. The molecule has 0 aliphatic carbocycles. The van der Waals surface area contributed by atoms with Crippen molar-refractivity contribution in [2.75, 3.05) is 19.6 Å². The molecule has 0 bridgehead atoms. The van der Waals surface area contributed by atoms with E-state index in [9.17, 15) is 18.0 Å². The molecule has 3 nitrogen and oxygen atoms in total. The van der Waals surface area contributed by atoms with Gasteiger partial charge in [-0.15, -0.1) is 0 Å². The van der Waals surface area contributed by atoms with Crippen LogP contribution in [0.2, 0.25) is 0 Å². The Hall–Kier alpha value is -3.12. The number of nitrogens with one attached hydrogen (secondary N) is 1. The van der Waals surface area contributed by atoms with Gasteiger partial charge in [0, 0.05) is 25.9 Å². The average molecular weight is 481 g/mol. The van der Waals surface area contributed by atoms with Crippen LogP contribution in [-0.4, -0.2) is 30.4 Å². The summed E-state index contributed by atoms with van der Waals surface area (Å²) in [7, 11) is 0. The van der Waals surface area contributed by atoms with E-state index in [1.54, 1.807) is 30.3 Å². The third kappa shape index (κ3) is 6.31. The SMILES string of the molecule is CC(=O)NC1(c2cccc(F)c2)CCN(CCCC(c2ccc(F)cc2)c2ccc(F)cc2)CC1. The van der Waals surface area contributed by atoms with Crippen molar-refractivity contribution in [3.8, 4) is 0 Å². The molecule has 4 rings (SSSR count). The van der Waals surface area contributed by atoms with Gasteiger partial charge in [0.05, 0.1) is 5.54 Å². The number of benzene rings is 3. The van der Waals surface area contributed by atoms with Gasteiger partial charge in [0.15, 0.2) is 0 Å². The monoisotopic (exact) mass is 480 g/mol. The van der Waals surface area contributed by atoms with Crippen LogP contribution in [0, 0.1) is 17.5 Å². The van der Waals surface area contributed by atoms with Gasteiger partial charge in [-0.25, -0.2) is 13.2 Å². The molecule has 1 N–H and O–H groups in total. The van der Waals surface area contributed by atoms with Crippen molar-refractivity contribution < 1.29 is 18.0 Å². The maximum Gasteiger partial charge on any atom is 0.217 e. The second kappa shape index (κ2) is 11.1. The Bertz CT molecular complexity index is 1080. The number of piperidine rings is 1. The van der Waals surface area contributed by atoms with Crippen molar-refractivity contribution >= 4 is 5.91 Å². The number of amides is 1. The molecule has 0 spiro atoms. The second-order valence-electron chi connectivity index (χ2n) is 9.41. The Labute approximate surface area is 205 Å². The van der Waals surface area contributed by atoms with Crippen molar-refractivity contribution in [3.63, 3.8) is 0 Å². The molecule has 0 saturated carbocycles. The zero-order chi connectivity index (χ0) is 24.8. The number of nitrogens with zero attached hydrogens (tertiary/aromatic N) is 1. The maximum absolute atomic E-state index is 13.9. The molecular weight excluding hydrogens is 449 g/mol. The number of rotatable bonds is 8. The summed E-state index contributed by atoms with van der Waals surface area (Å²) in [5, 5.41) is 3.09. The Kier molecular flexibility index (Phi) is 7.91. The first kappa shape index (κ1) is 25.0. The molecular formula is C29H31F3N2O. The van der Waals surface area contributed by atoms with E-state index < -0.39 is 5.54 Å². The molecule has 0 radical (unpaired) electrons. The van der Waals surface area contributed by atoms with E-state index in [0.717, 1.165) is 49.2 Å². The molecule has 0 unspecified atom stereocenters. The van der Waals surface area contributed by atoms with E-state index in [-0.39, 0.29) is 29.3 Å². The molecule has 3 aromatic carbocycles. The van der Waals surface area contributed by atoms with E-state index >= 15 is 0 Å². The number of halogens is 3. The Morgan fingerprint density at radius 2 is 1.46 bits per heavy atom. The molecule has 1 fully saturated rings. The molecule has 35 heavy (non-hydrogen) atoms. The number of hydrogen-bond donors (Lipinski definition) is 1. The van der Waals surface area contributed by atoms with Crippen molar-refractivity contribution in [1.82, 2.24) is 10.2 Å². The van der Waals surface area contributed by atoms with E-state index in [0.29, 0.717) is 12.8 Å². The van der Waals surface area contributed by atoms with Gasteiger partial charge in [0.2, 0.25) is 5.91 Å². The van der Waals surface area contributed by atoms with E-state index in [2.05, 4.69) is 10.2 Å². The number of hydrogen-bond acceptors (Lipinski definition) is 2. The Morgan fingerprint density at radius 3 is 1.97 bits per heavy atom. The van der Waals surface area contributed by atoms with Crippen molar-refractivity contribution in [2.24, 2.45) is 0 Å². The van der Waals surface area contributed by atoms with Crippen LogP contribution in [0.15, 0.2) is 72.8 Å². The van der Waals surface area contributed by atoms with Gasteiger partial charge in [-0.2, -0.15) is 0 Å². The summed E-state index contributed by atoms with van der Waals surface area (Å²) >= 11 is 0. The zero-order valence-corrected chi connectivity index (χ0v) is 19.9. The minimum atomic E-state index is -0.560. The Morgan fingerprint density at radius 1 is 0.886 bits per heavy atom. The topological polar surface area (TPSA) is 32.3 Å². The van der Waals surface area contributed by atoms with Crippen molar-refractivity contribution in [2.45, 2.75) is 44.1 Å². The van der Waals surface area contributed by atoms with Crippen LogP contribution in [0.5, 0.6) is 0 Å². The lowest BCUT2D eigenvalue weighted by molar-refractivity contribution is -0.121. The summed E-state index contributed by atoms with van der Waals surface area (Å²) in [5.74, 6) is -0.931. The highest BCUT2D eigenvalue weighted by atomic mass is 19.1. The quantitative estimate of drug-likeness (QED) is 0.420. The van der Waals surface area contributed by atoms with Crippen molar-refractivity contribution in [1.29, 1.82) is 0 Å². The first-order valence-electron chi connectivity index (χ1n) is 12.1. The van der Waals surface area contributed by atoms with Crippen LogP contribution >= 0.6 is 0 Å². The molecule has 0 atom stereocenters. The third-order valence-corrected chi connectivity index (χ3v) is 7.01. The first-order chi connectivity index (χ1) is 16.8. The molecule has 6 heteroatoms. The predicted octanol–water partition coefficient (Wildman–Crippen LogP) is 6.14. The van der Waals surface area contributed by atoms with Crippen LogP contribution in [0.1, 0.15) is 55.2 Å². The highest BCUT2D eigenvalue weighted by Gasteiger charge is 2.37. The molecule has 1 heterocycles. The zero-order valence-electron chi connectivity index (χ0n) is 19.9. The summed E-state index contributed by atoms with van der Waals surface area (Å²) in [5.41, 5.74) is 2.26. The second-order valence-corrected chi connectivity index (χ2v) is 9.41. The van der Waals surface area contributed by atoms with Crippen LogP contribution in [0.25, 0.3) is 0 Å². The van der Waals surface area contributed by atoms with E-state index in [4.69, 9.17) is 0 Å². The predicted molar refractivity (Wildman–Crippen MR) is 131 cm³/mol. The van der Waals surface area contributed by atoms with Crippen LogP contribution < -0.4 is 5.32 Å². The standard InChI is InChI=1S/C29H31F3N2O/c1-21(35)33-29(24-4-2-5-27(32)20-24)15-18-34(19-16-29)17-3-6-28(22-7-11-25(30)12-8-22)23-9-13-26(31)14-10-23/h2,4-5,7-14,20,28H,3,6,15-19H2,1H3,(H,33,35). The van der Waals surface area contributed by atoms with Gasteiger partial charge < -0.3 is 10.2 Å². The molecule has 1 aliphatic rings. The van der Waals surface area contributed by atoms with Crippen LogP contribution in [0.3, 0.4) is 0 Å². The highest BCUT2D eigenvalue weighted by molar-refractivity contribution is 5.74. The molecule has 0 aromatic heterocycles. The summed E-state index contributed by atoms with van der Waals surface area (Å²) in [6, 6.07) is 19.5. The lowest BCUT2D eigenvalue weighted by Gasteiger charge is -2.43. The largest absolute Gasteiger partial charge is 0.347 e. The summed E-state index contributed by atoms with van der Waals surface area (Å²) < 4.78 is 40.9. The summed E-state index contributed by atoms with van der Waals surface area (Å²) in [6.07, 6.45) is 3.16. The minimum Gasteiger partial charge on any atom is -0.347 e. The fourth-order valence-corrected chi connectivity index (χ4v) is 5.20. The maximum atomic E-state index is 13.9. The molecule has 184 valence electrons. The smallest absolute Gasteiger partial charge is 0.217 e. The van der Waals surface area contributed by atoms with E-state index in [1.165, 1.54) is 43.3 Å². The van der Waals surface area contributed by atoms with Crippen molar-refractivity contribution in [3.05, 3.63) is 107 Å². The first-order valence-corrected chi connectivity index (χ1v) is 12.1. The highest BCUT2D eigenvalue weighted by Crippen LogP contribution is 2.34. The summed E-state index contributed by atoms with van der Waals surface area (Å²) in [4.78, 5) is 14.3. The average Bonchev–Trinajstić information content (AvgIpc) is 2.84. The van der Waals surface area contributed by atoms with Gasteiger partial charge in [-0.05, 0) is 85.3 Å². The molecule has 1 aliphatic heterocycles. The molecule has 1 amide bonds. The number of likely N-dealkylation sites (tertiary alicyclic amines) is 1. The fourth-order valence-electron chi connectivity index (χ4n) is 5.20. The summed E-state index contributed by atoms with van der Waals surface area (Å²) in [6.45, 7) is 3.94. The molecule has 3 aromatic rings. The lowest BCUT2D eigenvalue weighted by atomic mass is 9.80. The van der Waals surface area contributed by atoms with Gasteiger partial charge in [0.25, 0.3) is 0 Å². The van der Waals surface area contributed by atoms with Gasteiger partial charge in [-0.1, -0.05) is 36.4 Å². The molecule has 1 saturated heterocycles. The van der Waals surface area contributed by atoms with Gasteiger partial charge in [0.1, 0.15) is 17.5 Å². The Balaban J connectivity index is 1.40.